The van der Waals surface area contributed by atoms with E-state index in [1.165, 1.54) is 23.1 Å². The molecule has 0 saturated heterocycles. The molecule has 0 spiro atoms. The molecule has 0 aliphatic heterocycles. The highest BCUT2D eigenvalue weighted by Crippen LogP contribution is 2.23. The summed E-state index contributed by atoms with van der Waals surface area (Å²) < 4.78 is 29.0. The van der Waals surface area contributed by atoms with E-state index in [9.17, 15) is 8.42 Å². The van der Waals surface area contributed by atoms with E-state index in [0.29, 0.717) is 21.0 Å². The van der Waals surface area contributed by atoms with Crippen LogP contribution in [0, 0.1) is 0 Å². The van der Waals surface area contributed by atoms with Crippen molar-refractivity contribution >= 4 is 38.3 Å². The molecule has 0 aliphatic carbocycles. The minimum absolute atomic E-state index is 0.105. The van der Waals surface area contributed by atoms with Gasteiger partial charge in [0.05, 0.1) is 5.75 Å². The molecule has 1 aromatic heterocycles. The molecular formula is C10H11N3O3S3. The van der Waals surface area contributed by atoms with E-state index in [1.807, 2.05) is 0 Å². The first-order valence-corrected chi connectivity index (χ1v) is 8.62. The summed E-state index contributed by atoms with van der Waals surface area (Å²) in [5.41, 5.74) is 5.43. The van der Waals surface area contributed by atoms with Crippen molar-refractivity contribution in [1.29, 1.82) is 0 Å². The van der Waals surface area contributed by atoms with Gasteiger partial charge in [0.25, 0.3) is 0 Å². The number of anilines is 1. The number of hydrogen-bond acceptors (Lipinski definition) is 8. The second-order valence-corrected chi connectivity index (χ2v) is 7.45. The molecular weight excluding hydrogens is 306 g/mol. The van der Waals surface area contributed by atoms with E-state index < -0.39 is 10.1 Å². The molecule has 0 unspecified atom stereocenters. The third-order valence-corrected chi connectivity index (χ3v) is 5.24. The van der Waals surface area contributed by atoms with Crippen molar-refractivity contribution in [1.82, 2.24) is 10.2 Å². The Labute approximate surface area is 119 Å². The van der Waals surface area contributed by atoms with Crippen molar-refractivity contribution in [2.75, 3.05) is 17.2 Å². The summed E-state index contributed by atoms with van der Waals surface area (Å²) in [7, 11) is -3.59. The Morgan fingerprint density at radius 1 is 1.26 bits per heavy atom. The molecule has 19 heavy (non-hydrogen) atoms. The number of thioether (sulfide) groups is 1. The van der Waals surface area contributed by atoms with Gasteiger partial charge in [-0.2, -0.15) is 8.42 Å². The number of nitrogen functional groups attached to an aromatic ring is 1. The number of rotatable bonds is 6. The zero-order valence-corrected chi connectivity index (χ0v) is 12.2. The molecule has 0 atom stereocenters. The summed E-state index contributed by atoms with van der Waals surface area (Å²) in [6.45, 7) is 0. The summed E-state index contributed by atoms with van der Waals surface area (Å²) in [6.07, 6.45) is 0. The van der Waals surface area contributed by atoms with Crippen molar-refractivity contribution < 1.29 is 12.6 Å². The zero-order chi connectivity index (χ0) is 13.7. The van der Waals surface area contributed by atoms with Crippen LogP contribution in [0.4, 0.5) is 5.13 Å². The topological polar surface area (TPSA) is 95.2 Å². The first kappa shape index (κ1) is 14.1. The fraction of sp³-hybridized carbons (Fsp3) is 0.200. The maximum atomic E-state index is 11.7. The molecule has 2 aromatic rings. The van der Waals surface area contributed by atoms with Crippen molar-refractivity contribution in [2.45, 2.75) is 4.34 Å². The SMILES string of the molecule is Nc1nnc(SCCS(=O)(=O)Oc2ccccc2)s1. The molecule has 0 aliphatic rings. The minimum atomic E-state index is -3.59. The average Bonchev–Trinajstić information content (AvgIpc) is 2.75. The summed E-state index contributed by atoms with van der Waals surface area (Å²) in [6, 6.07) is 8.40. The highest BCUT2D eigenvalue weighted by atomic mass is 32.2. The number of nitrogens with zero attached hydrogens (tertiary/aromatic N) is 2. The standard InChI is InChI=1S/C10H11N3O3S3/c11-9-12-13-10(18-9)17-6-7-19(14,15)16-8-4-2-1-3-5-8/h1-5H,6-7H2,(H2,11,12). The van der Waals surface area contributed by atoms with E-state index in [1.54, 1.807) is 30.3 Å². The predicted octanol–water partition coefficient (Wildman–Crippen LogP) is 1.62. The molecule has 2 rings (SSSR count). The Balaban J connectivity index is 1.84. The smallest absolute Gasteiger partial charge is 0.310 e. The van der Waals surface area contributed by atoms with E-state index in [-0.39, 0.29) is 5.75 Å². The third-order valence-electron chi connectivity index (χ3n) is 1.95. The third kappa shape index (κ3) is 4.69. The van der Waals surface area contributed by atoms with Crippen molar-refractivity contribution in [3.05, 3.63) is 30.3 Å². The van der Waals surface area contributed by atoms with Crippen LogP contribution in [-0.2, 0) is 10.1 Å². The normalized spacial score (nSPS) is 11.4. The van der Waals surface area contributed by atoms with Gasteiger partial charge in [-0.25, -0.2) is 0 Å². The van der Waals surface area contributed by atoms with Crippen LogP contribution in [0.3, 0.4) is 0 Å². The van der Waals surface area contributed by atoms with Crippen LogP contribution < -0.4 is 9.92 Å². The summed E-state index contributed by atoms with van der Waals surface area (Å²) in [4.78, 5) is 0. The van der Waals surface area contributed by atoms with Gasteiger partial charge in [-0.15, -0.1) is 10.2 Å². The van der Waals surface area contributed by atoms with Gasteiger partial charge in [-0.1, -0.05) is 41.3 Å². The van der Waals surface area contributed by atoms with E-state index in [2.05, 4.69) is 10.2 Å². The first-order valence-electron chi connectivity index (χ1n) is 5.24. The summed E-state index contributed by atoms with van der Waals surface area (Å²) in [5, 5.41) is 7.80. The lowest BCUT2D eigenvalue weighted by Crippen LogP contribution is -2.15. The molecule has 0 fully saturated rings. The van der Waals surface area contributed by atoms with Crippen LogP contribution in [0.15, 0.2) is 34.7 Å². The van der Waals surface area contributed by atoms with Crippen LogP contribution in [0.5, 0.6) is 5.75 Å². The molecule has 1 heterocycles. The number of hydrogen-bond donors (Lipinski definition) is 1. The summed E-state index contributed by atoms with van der Waals surface area (Å²) >= 11 is 2.51. The van der Waals surface area contributed by atoms with Crippen LogP contribution >= 0.6 is 23.1 Å². The average molecular weight is 317 g/mol. The molecule has 1 aromatic carbocycles. The molecule has 2 N–H and O–H groups in total. The Morgan fingerprint density at radius 3 is 2.63 bits per heavy atom. The van der Waals surface area contributed by atoms with Gasteiger partial charge in [-0.05, 0) is 12.1 Å². The Hall–Kier alpha value is -1.32. The Morgan fingerprint density at radius 2 is 2.00 bits per heavy atom. The fourth-order valence-electron chi connectivity index (χ4n) is 1.17. The maximum absolute atomic E-state index is 11.7. The van der Waals surface area contributed by atoms with Crippen molar-refractivity contribution in [3.63, 3.8) is 0 Å². The molecule has 0 radical (unpaired) electrons. The second-order valence-electron chi connectivity index (χ2n) is 3.41. The number of nitrogens with two attached hydrogens (primary N) is 1. The van der Waals surface area contributed by atoms with Crippen LogP contribution in [0.1, 0.15) is 0 Å². The fourth-order valence-corrected chi connectivity index (χ4v) is 4.17. The Kier molecular flexibility index (Phi) is 4.61. The van der Waals surface area contributed by atoms with E-state index in [4.69, 9.17) is 9.92 Å². The molecule has 102 valence electrons. The van der Waals surface area contributed by atoms with E-state index in [0.717, 1.165) is 0 Å². The molecule has 0 bridgehead atoms. The van der Waals surface area contributed by atoms with Gasteiger partial charge < -0.3 is 9.92 Å². The number of benzene rings is 1. The van der Waals surface area contributed by atoms with Crippen LogP contribution in [0.2, 0.25) is 0 Å². The van der Waals surface area contributed by atoms with Gasteiger partial charge in [0.15, 0.2) is 4.34 Å². The summed E-state index contributed by atoms with van der Waals surface area (Å²) in [5.74, 6) is 0.545. The first-order chi connectivity index (χ1) is 9.05. The van der Waals surface area contributed by atoms with Gasteiger partial charge in [-0.3, -0.25) is 0 Å². The monoisotopic (exact) mass is 317 g/mol. The van der Waals surface area contributed by atoms with Gasteiger partial charge in [0.1, 0.15) is 5.75 Å². The van der Waals surface area contributed by atoms with Gasteiger partial charge >= 0.3 is 10.1 Å². The molecule has 9 heteroatoms. The van der Waals surface area contributed by atoms with Gasteiger partial charge in [0, 0.05) is 5.75 Å². The highest BCUT2D eigenvalue weighted by molar-refractivity contribution is 8.01. The van der Waals surface area contributed by atoms with Crippen molar-refractivity contribution in [2.24, 2.45) is 0 Å². The zero-order valence-electron chi connectivity index (χ0n) is 9.72. The number of aromatic nitrogens is 2. The predicted molar refractivity (Wildman–Crippen MR) is 75.9 cm³/mol. The highest BCUT2D eigenvalue weighted by Gasteiger charge is 2.13. The lowest BCUT2D eigenvalue weighted by Gasteiger charge is -2.05. The maximum Gasteiger partial charge on any atom is 0.310 e. The van der Waals surface area contributed by atoms with Gasteiger partial charge in [0.2, 0.25) is 5.13 Å². The molecule has 0 amide bonds. The Bertz CT molecular complexity index is 628. The largest absolute Gasteiger partial charge is 0.382 e. The van der Waals surface area contributed by atoms with E-state index >= 15 is 0 Å². The molecule has 0 saturated carbocycles. The van der Waals surface area contributed by atoms with Crippen molar-refractivity contribution in [3.8, 4) is 5.75 Å². The van der Waals surface area contributed by atoms with Crippen LogP contribution in [-0.4, -0.2) is 30.1 Å². The quantitative estimate of drug-likeness (QED) is 0.639. The minimum Gasteiger partial charge on any atom is -0.382 e. The lowest BCUT2D eigenvalue weighted by atomic mass is 10.3. The molecule has 6 nitrogen and oxygen atoms in total. The second kappa shape index (κ2) is 6.22. The van der Waals surface area contributed by atoms with Crippen LogP contribution in [0.25, 0.3) is 0 Å². The lowest BCUT2D eigenvalue weighted by molar-refractivity contribution is 0.488. The number of para-hydroxylation sites is 1.